The van der Waals surface area contributed by atoms with Gasteiger partial charge in [-0.05, 0) is 38.3 Å². The number of aromatic nitrogens is 3. The van der Waals surface area contributed by atoms with Gasteiger partial charge in [-0.1, -0.05) is 6.07 Å². The summed E-state index contributed by atoms with van der Waals surface area (Å²) >= 11 is 0. The van der Waals surface area contributed by atoms with E-state index in [1.165, 1.54) is 0 Å². The first kappa shape index (κ1) is 15.5. The second kappa shape index (κ2) is 7.26. The molecule has 1 saturated heterocycles. The summed E-state index contributed by atoms with van der Waals surface area (Å²) in [6.07, 6.45) is 6.42. The lowest BCUT2D eigenvalue weighted by Gasteiger charge is -2.20. The molecule has 1 atom stereocenters. The Kier molecular flexibility index (Phi) is 4.90. The van der Waals surface area contributed by atoms with Crippen LogP contribution in [0.4, 0.5) is 11.6 Å². The summed E-state index contributed by atoms with van der Waals surface area (Å²) in [6.45, 7) is 6.84. The van der Waals surface area contributed by atoms with E-state index in [4.69, 9.17) is 4.74 Å². The number of anilines is 2. The second-order valence-corrected chi connectivity index (χ2v) is 6.05. The molecule has 0 bridgehead atoms. The van der Waals surface area contributed by atoms with Gasteiger partial charge >= 0.3 is 0 Å². The summed E-state index contributed by atoms with van der Waals surface area (Å²) in [4.78, 5) is 15.4. The van der Waals surface area contributed by atoms with Crippen LogP contribution in [0.25, 0.3) is 0 Å². The first-order valence-corrected chi connectivity index (χ1v) is 8.10. The van der Waals surface area contributed by atoms with Gasteiger partial charge in [0, 0.05) is 38.2 Å². The third-order valence-electron chi connectivity index (χ3n) is 3.82. The molecule has 0 aliphatic carbocycles. The smallest absolute Gasteiger partial charge is 0.257 e. The van der Waals surface area contributed by atoms with Crippen LogP contribution in [-0.4, -0.2) is 40.7 Å². The van der Waals surface area contributed by atoms with E-state index in [1.807, 2.05) is 32.0 Å². The first-order valence-electron chi connectivity index (χ1n) is 8.10. The highest BCUT2D eigenvalue weighted by atomic mass is 16.5. The van der Waals surface area contributed by atoms with Crippen molar-refractivity contribution in [3.63, 3.8) is 0 Å². The Labute approximate surface area is 136 Å². The summed E-state index contributed by atoms with van der Waals surface area (Å²) in [5.74, 6) is 2.96. The van der Waals surface area contributed by atoms with Crippen LogP contribution in [0.5, 0.6) is 5.88 Å². The number of pyridine rings is 1. The van der Waals surface area contributed by atoms with Crippen molar-refractivity contribution in [2.24, 2.45) is 5.92 Å². The van der Waals surface area contributed by atoms with Crippen LogP contribution in [0, 0.1) is 5.92 Å². The van der Waals surface area contributed by atoms with Crippen LogP contribution in [0.3, 0.4) is 0 Å². The van der Waals surface area contributed by atoms with Gasteiger partial charge in [-0.25, -0.2) is 15.0 Å². The number of ether oxygens (including phenoxy) is 1. The van der Waals surface area contributed by atoms with E-state index in [1.54, 1.807) is 18.6 Å². The molecular weight excluding hydrogens is 290 g/mol. The molecule has 122 valence electrons. The second-order valence-electron chi connectivity index (χ2n) is 6.05. The molecule has 23 heavy (non-hydrogen) atoms. The summed E-state index contributed by atoms with van der Waals surface area (Å²) in [5, 5.41) is 3.40. The zero-order chi connectivity index (χ0) is 16.1. The minimum absolute atomic E-state index is 0.0923. The highest BCUT2D eigenvalue weighted by Crippen LogP contribution is 2.29. The lowest BCUT2D eigenvalue weighted by molar-refractivity contribution is 0.232. The van der Waals surface area contributed by atoms with Crippen LogP contribution >= 0.6 is 0 Å². The molecule has 2 aromatic rings. The van der Waals surface area contributed by atoms with Crippen molar-refractivity contribution < 1.29 is 4.74 Å². The van der Waals surface area contributed by atoms with Crippen LogP contribution in [0.15, 0.2) is 36.8 Å². The van der Waals surface area contributed by atoms with E-state index in [2.05, 4.69) is 25.2 Å². The van der Waals surface area contributed by atoms with E-state index < -0.39 is 0 Å². The Bertz CT molecular complexity index is 619. The zero-order valence-corrected chi connectivity index (χ0v) is 13.6. The van der Waals surface area contributed by atoms with E-state index >= 15 is 0 Å². The van der Waals surface area contributed by atoms with Crippen LogP contribution in [-0.2, 0) is 0 Å². The van der Waals surface area contributed by atoms with Crippen molar-refractivity contribution in [3.8, 4) is 5.88 Å². The minimum Gasteiger partial charge on any atom is -0.472 e. The fourth-order valence-corrected chi connectivity index (χ4v) is 2.75. The van der Waals surface area contributed by atoms with E-state index in [0.717, 1.165) is 37.7 Å². The summed E-state index contributed by atoms with van der Waals surface area (Å²) in [7, 11) is 0. The van der Waals surface area contributed by atoms with Crippen molar-refractivity contribution in [2.75, 3.05) is 29.9 Å². The van der Waals surface area contributed by atoms with E-state index in [-0.39, 0.29) is 6.10 Å². The van der Waals surface area contributed by atoms with Gasteiger partial charge < -0.3 is 15.0 Å². The predicted octanol–water partition coefficient (Wildman–Crippen LogP) is 2.60. The van der Waals surface area contributed by atoms with Gasteiger partial charge in [0.05, 0.1) is 6.10 Å². The molecular formula is C17H23N5O. The quantitative estimate of drug-likeness (QED) is 0.884. The Morgan fingerprint density at radius 2 is 2.09 bits per heavy atom. The summed E-state index contributed by atoms with van der Waals surface area (Å²) < 4.78 is 5.78. The highest BCUT2D eigenvalue weighted by Gasteiger charge is 2.26. The van der Waals surface area contributed by atoms with Crippen molar-refractivity contribution in [1.82, 2.24) is 15.0 Å². The molecule has 1 aliphatic rings. The van der Waals surface area contributed by atoms with Gasteiger partial charge in [0.2, 0.25) is 0 Å². The standard InChI is InChI=1S/C17H23N5O/c1-13(2)23-17-16(19-8-9-20-17)22-10-6-14(12-22)11-21-15-5-3-4-7-18-15/h3-5,7-9,13-14H,6,10-12H2,1-2H3,(H,18,21). The lowest BCUT2D eigenvalue weighted by Crippen LogP contribution is -2.25. The molecule has 0 spiro atoms. The van der Waals surface area contributed by atoms with E-state index in [9.17, 15) is 0 Å². The molecule has 0 saturated carbocycles. The Morgan fingerprint density at radius 1 is 1.22 bits per heavy atom. The van der Waals surface area contributed by atoms with Crippen molar-refractivity contribution in [1.29, 1.82) is 0 Å². The van der Waals surface area contributed by atoms with Crippen molar-refractivity contribution in [3.05, 3.63) is 36.8 Å². The molecule has 2 aromatic heterocycles. The zero-order valence-electron chi connectivity index (χ0n) is 13.6. The summed E-state index contributed by atoms with van der Waals surface area (Å²) in [5.41, 5.74) is 0. The van der Waals surface area contributed by atoms with Gasteiger partial charge in [-0.3, -0.25) is 0 Å². The Morgan fingerprint density at radius 3 is 2.87 bits per heavy atom. The van der Waals surface area contributed by atoms with Crippen LogP contribution in [0.1, 0.15) is 20.3 Å². The molecule has 0 aromatic carbocycles. The van der Waals surface area contributed by atoms with Crippen LogP contribution < -0.4 is 15.0 Å². The number of nitrogens with zero attached hydrogens (tertiary/aromatic N) is 4. The fourth-order valence-electron chi connectivity index (χ4n) is 2.75. The molecule has 1 fully saturated rings. The average Bonchev–Trinajstić information content (AvgIpc) is 3.03. The fraction of sp³-hybridized carbons (Fsp3) is 0.471. The molecule has 6 heteroatoms. The average molecular weight is 313 g/mol. The highest BCUT2D eigenvalue weighted by molar-refractivity contribution is 5.49. The normalized spacial score (nSPS) is 17.5. The molecule has 3 rings (SSSR count). The largest absolute Gasteiger partial charge is 0.472 e. The minimum atomic E-state index is 0.0923. The third kappa shape index (κ3) is 4.09. The maximum Gasteiger partial charge on any atom is 0.257 e. The summed E-state index contributed by atoms with van der Waals surface area (Å²) in [6, 6.07) is 5.90. The predicted molar refractivity (Wildman–Crippen MR) is 90.8 cm³/mol. The van der Waals surface area contributed by atoms with Gasteiger partial charge in [0.1, 0.15) is 5.82 Å². The molecule has 0 amide bonds. The molecule has 1 aliphatic heterocycles. The van der Waals surface area contributed by atoms with Crippen molar-refractivity contribution in [2.45, 2.75) is 26.4 Å². The maximum atomic E-state index is 5.78. The molecule has 3 heterocycles. The molecule has 1 unspecified atom stereocenters. The van der Waals surface area contributed by atoms with Crippen LogP contribution in [0.2, 0.25) is 0 Å². The van der Waals surface area contributed by atoms with E-state index in [0.29, 0.717) is 11.8 Å². The Balaban J connectivity index is 1.59. The number of rotatable bonds is 6. The van der Waals surface area contributed by atoms with Gasteiger partial charge in [-0.15, -0.1) is 0 Å². The first-order chi connectivity index (χ1) is 11.2. The molecule has 0 radical (unpaired) electrons. The maximum absolute atomic E-state index is 5.78. The Hall–Kier alpha value is -2.37. The number of hydrogen-bond acceptors (Lipinski definition) is 6. The monoisotopic (exact) mass is 313 g/mol. The van der Waals surface area contributed by atoms with Gasteiger partial charge in [0.15, 0.2) is 5.82 Å². The topological polar surface area (TPSA) is 63.2 Å². The van der Waals surface area contributed by atoms with Gasteiger partial charge in [0.25, 0.3) is 5.88 Å². The third-order valence-corrected chi connectivity index (χ3v) is 3.82. The SMILES string of the molecule is CC(C)Oc1nccnc1N1CCC(CNc2ccccn2)C1. The molecule has 6 nitrogen and oxygen atoms in total. The molecule has 1 N–H and O–H groups in total. The van der Waals surface area contributed by atoms with Gasteiger partial charge in [-0.2, -0.15) is 0 Å². The number of nitrogens with one attached hydrogen (secondary N) is 1. The lowest BCUT2D eigenvalue weighted by atomic mass is 10.1. The number of hydrogen-bond donors (Lipinski definition) is 1. The van der Waals surface area contributed by atoms with Crippen molar-refractivity contribution >= 4 is 11.6 Å².